The number of halogens is 1. The molecule has 1 amide bonds. The normalized spacial score (nSPS) is 24.0. The van der Waals surface area contributed by atoms with Crippen molar-refractivity contribution >= 4 is 23.8 Å². The maximum absolute atomic E-state index is 11.3. The van der Waals surface area contributed by atoms with Crippen LogP contribution < -0.4 is 10.2 Å². The lowest BCUT2D eigenvalue weighted by atomic mass is 10.0. The molecule has 0 radical (unpaired) electrons. The van der Waals surface area contributed by atoms with Crippen molar-refractivity contribution in [3.05, 3.63) is 16.5 Å². The van der Waals surface area contributed by atoms with Gasteiger partial charge in [-0.15, -0.1) is 0 Å². The van der Waals surface area contributed by atoms with Gasteiger partial charge in [0.05, 0.1) is 24.2 Å². The topological polar surface area (TPSA) is 85.2 Å². The number of rotatable bonds is 3. The lowest BCUT2D eigenvalue weighted by Gasteiger charge is -2.44. The number of hydrogen-bond acceptors (Lipinski definition) is 6. The average Bonchev–Trinajstić information content (AvgIpc) is 2.55. The summed E-state index contributed by atoms with van der Waals surface area (Å²) >= 11 is 6.11. The molecule has 0 saturated carbocycles. The molecule has 0 aromatic carbocycles. The number of fused-ring (bicyclic) bond motifs is 1. The fourth-order valence-corrected chi connectivity index (χ4v) is 3.51. The number of hydrogen-bond donors (Lipinski definition) is 1. The van der Waals surface area contributed by atoms with Gasteiger partial charge in [-0.05, 0) is 31.5 Å². The number of nitrogens with zero attached hydrogens (tertiary/aromatic N) is 5. The Hall–Kier alpha value is -1.91. The molecule has 1 aromatic rings. The summed E-state index contributed by atoms with van der Waals surface area (Å²) in [4.78, 5) is 23.9. The maximum Gasteiger partial charge on any atom is 0.224 e. The van der Waals surface area contributed by atoms with Crippen molar-refractivity contribution in [1.29, 1.82) is 5.26 Å². The van der Waals surface area contributed by atoms with Crippen molar-refractivity contribution in [2.24, 2.45) is 0 Å². The van der Waals surface area contributed by atoms with Crippen LogP contribution in [-0.2, 0) is 17.8 Å². The molecule has 3 rings (SSSR count). The molecule has 3 heterocycles. The predicted molar refractivity (Wildman–Crippen MR) is 86.0 cm³/mol. The number of nitriles is 1. The molecule has 2 aliphatic heterocycles. The molecule has 1 aromatic heterocycles. The Morgan fingerprint density at radius 2 is 2.30 bits per heavy atom. The van der Waals surface area contributed by atoms with Gasteiger partial charge in [-0.25, -0.2) is 9.97 Å². The molecule has 1 fully saturated rings. The first-order chi connectivity index (χ1) is 11.1. The van der Waals surface area contributed by atoms with Gasteiger partial charge in [-0.2, -0.15) is 5.26 Å². The Bertz CT molecular complexity index is 646. The zero-order valence-electron chi connectivity index (χ0n) is 13.0. The minimum atomic E-state index is -0.125. The van der Waals surface area contributed by atoms with Crippen molar-refractivity contribution in [3.63, 3.8) is 0 Å². The van der Waals surface area contributed by atoms with E-state index in [-0.39, 0.29) is 17.4 Å². The van der Waals surface area contributed by atoms with Crippen LogP contribution in [-0.4, -0.2) is 53.0 Å². The van der Waals surface area contributed by atoms with Crippen LogP contribution in [0.25, 0.3) is 0 Å². The molecule has 0 bridgehead atoms. The number of amides is 1. The number of anilines is 1. The van der Waals surface area contributed by atoms with E-state index in [9.17, 15) is 4.79 Å². The van der Waals surface area contributed by atoms with E-state index in [1.54, 1.807) is 4.90 Å². The highest BCUT2D eigenvalue weighted by molar-refractivity contribution is 6.28. The summed E-state index contributed by atoms with van der Waals surface area (Å²) in [6, 6.07) is 2.15. The fraction of sp³-hybridized carbons (Fsp3) is 0.600. The Morgan fingerprint density at radius 1 is 1.48 bits per heavy atom. The van der Waals surface area contributed by atoms with Crippen LogP contribution in [0.4, 0.5) is 5.82 Å². The summed E-state index contributed by atoms with van der Waals surface area (Å²) in [5, 5.41) is 12.6. The first-order valence-electron chi connectivity index (χ1n) is 7.74. The van der Waals surface area contributed by atoms with Crippen LogP contribution in [0.15, 0.2) is 0 Å². The van der Waals surface area contributed by atoms with E-state index < -0.39 is 0 Å². The van der Waals surface area contributed by atoms with Gasteiger partial charge in [0.25, 0.3) is 0 Å². The number of piperazine rings is 1. The van der Waals surface area contributed by atoms with Crippen LogP contribution in [0.5, 0.6) is 0 Å². The second-order valence-electron chi connectivity index (χ2n) is 5.99. The van der Waals surface area contributed by atoms with Gasteiger partial charge >= 0.3 is 0 Å². The fourth-order valence-electron chi connectivity index (χ4n) is 3.32. The summed E-state index contributed by atoms with van der Waals surface area (Å²) in [5.41, 5.74) is 2.06. The summed E-state index contributed by atoms with van der Waals surface area (Å²) in [5.74, 6) is 0.850. The van der Waals surface area contributed by atoms with Gasteiger partial charge in [0.2, 0.25) is 11.7 Å². The molecule has 0 unspecified atom stereocenters. The van der Waals surface area contributed by atoms with Crippen LogP contribution in [0, 0.1) is 11.3 Å². The van der Waals surface area contributed by atoms with E-state index in [0.29, 0.717) is 26.1 Å². The number of nitrogens with one attached hydrogen (secondary N) is 1. The van der Waals surface area contributed by atoms with Gasteiger partial charge in [0.1, 0.15) is 5.82 Å². The second kappa shape index (κ2) is 6.69. The molecular weight excluding hydrogens is 316 g/mol. The molecule has 2 atom stereocenters. The molecule has 1 N–H and O–H groups in total. The Morgan fingerprint density at radius 3 is 3.04 bits per heavy atom. The summed E-state index contributed by atoms with van der Waals surface area (Å²) in [7, 11) is 0. The summed E-state index contributed by atoms with van der Waals surface area (Å²) in [6.07, 6.45) is 2.00. The largest absolute Gasteiger partial charge is 0.350 e. The SMILES string of the molecule is C[C@@H]1CN(C=O)[C@@H](CC#N)CN1c1nc(Cl)nc2c1CCNC2. The zero-order chi connectivity index (χ0) is 16.4. The summed E-state index contributed by atoms with van der Waals surface area (Å²) < 4.78 is 0. The number of aromatic nitrogens is 2. The van der Waals surface area contributed by atoms with Crippen molar-refractivity contribution < 1.29 is 4.79 Å². The van der Waals surface area contributed by atoms with Crippen LogP contribution in [0.1, 0.15) is 24.6 Å². The van der Waals surface area contributed by atoms with Crippen molar-refractivity contribution in [2.75, 3.05) is 24.5 Å². The zero-order valence-corrected chi connectivity index (χ0v) is 13.8. The molecule has 8 heteroatoms. The number of carbonyl (C=O) groups is 1. The van der Waals surface area contributed by atoms with E-state index in [4.69, 9.17) is 16.9 Å². The highest BCUT2D eigenvalue weighted by Crippen LogP contribution is 2.29. The third kappa shape index (κ3) is 3.09. The van der Waals surface area contributed by atoms with Crippen LogP contribution in [0.2, 0.25) is 5.28 Å². The molecule has 23 heavy (non-hydrogen) atoms. The van der Waals surface area contributed by atoms with Crippen molar-refractivity contribution in [1.82, 2.24) is 20.2 Å². The minimum Gasteiger partial charge on any atom is -0.350 e. The predicted octanol–water partition coefficient (Wildman–Crippen LogP) is 0.725. The highest BCUT2D eigenvalue weighted by Gasteiger charge is 2.33. The van der Waals surface area contributed by atoms with Crippen molar-refractivity contribution in [3.8, 4) is 6.07 Å². The molecule has 7 nitrogen and oxygen atoms in total. The quantitative estimate of drug-likeness (QED) is 0.648. The maximum atomic E-state index is 11.3. The average molecular weight is 335 g/mol. The first-order valence-corrected chi connectivity index (χ1v) is 8.12. The van der Waals surface area contributed by atoms with E-state index in [1.807, 2.05) is 0 Å². The van der Waals surface area contributed by atoms with Crippen molar-refractivity contribution in [2.45, 2.75) is 38.4 Å². The van der Waals surface area contributed by atoms with E-state index in [2.05, 4.69) is 33.2 Å². The molecule has 2 aliphatic rings. The van der Waals surface area contributed by atoms with E-state index in [0.717, 1.165) is 36.5 Å². The lowest BCUT2D eigenvalue weighted by Crippen LogP contribution is -2.57. The lowest BCUT2D eigenvalue weighted by molar-refractivity contribution is -0.121. The van der Waals surface area contributed by atoms with Crippen LogP contribution in [0.3, 0.4) is 0 Å². The Kier molecular flexibility index (Phi) is 4.64. The summed E-state index contributed by atoms with van der Waals surface area (Å²) in [6.45, 7) is 4.79. The third-order valence-electron chi connectivity index (χ3n) is 4.51. The molecule has 0 aliphatic carbocycles. The third-order valence-corrected chi connectivity index (χ3v) is 4.67. The Balaban J connectivity index is 1.96. The standard InChI is InChI=1S/C15H19ClN6O/c1-10-7-21(9-23)11(2-4-17)8-22(10)14-12-3-5-18-6-13(12)19-15(16)20-14/h9-11,18H,2-3,5-8H2,1H3/t10-,11+/m1/s1. The van der Waals surface area contributed by atoms with E-state index >= 15 is 0 Å². The smallest absolute Gasteiger partial charge is 0.224 e. The van der Waals surface area contributed by atoms with Gasteiger partial charge < -0.3 is 15.1 Å². The second-order valence-corrected chi connectivity index (χ2v) is 6.33. The number of carbonyl (C=O) groups excluding carboxylic acids is 1. The minimum absolute atomic E-state index is 0.111. The van der Waals surface area contributed by atoms with Gasteiger partial charge in [-0.3, -0.25) is 4.79 Å². The Labute approximate surface area is 140 Å². The molecule has 122 valence electrons. The molecule has 1 saturated heterocycles. The van der Waals surface area contributed by atoms with Gasteiger partial charge in [-0.1, -0.05) is 0 Å². The van der Waals surface area contributed by atoms with Gasteiger partial charge in [0.15, 0.2) is 0 Å². The monoisotopic (exact) mass is 334 g/mol. The molecular formula is C15H19ClN6O. The van der Waals surface area contributed by atoms with Crippen LogP contribution >= 0.6 is 11.6 Å². The molecule has 0 spiro atoms. The van der Waals surface area contributed by atoms with Gasteiger partial charge in [0, 0.05) is 31.2 Å². The van der Waals surface area contributed by atoms with E-state index in [1.165, 1.54) is 0 Å². The highest BCUT2D eigenvalue weighted by atomic mass is 35.5. The first kappa shape index (κ1) is 16.0.